The third kappa shape index (κ3) is 5.81. The molecule has 1 aliphatic heterocycles. The van der Waals surface area contributed by atoms with Crippen LogP contribution in [0.2, 0.25) is 0 Å². The Labute approximate surface area is 231 Å². The maximum absolute atomic E-state index is 15.0. The third-order valence-electron chi connectivity index (χ3n) is 8.09. The molecule has 9 heteroatoms. The van der Waals surface area contributed by atoms with E-state index >= 15 is 4.39 Å². The predicted molar refractivity (Wildman–Crippen MR) is 145 cm³/mol. The van der Waals surface area contributed by atoms with Crippen molar-refractivity contribution in [3.8, 4) is 16.9 Å². The Morgan fingerprint density at radius 3 is 2.55 bits per heavy atom. The zero-order chi connectivity index (χ0) is 28.6. The van der Waals surface area contributed by atoms with Gasteiger partial charge in [-0.1, -0.05) is 11.6 Å². The fourth-order valence-electron chi connectivity index (χ4n) is 6.14. The molecule has 2 aromatic carbocycles. The van der Waals surface area contributed by atoms with Crippen LogP contribution in [0.1, 0.15) is 36.0 Å². The highest BCUT2D eigenvalue weighted by molar-refractivity contribution is 5.89. The number of fused-ring (bicyclic) bond motifs is 4. The van der Waals surface area contributed by atoms with Gasteiger partial charge in [-0.25, -0.2) is 13.8 Å². The summed E-state index contributed by atoms with van der Waals surface area (Å²) in [5.74, 6) is -1.21. The van der Waals surface area contributed by atoms with E-state index in [1.165, 1.54) is 6.07 Å². The van der Waals surface area contributed by atoms with Crippen molar-refractivity contribution in [2.24, 2.45) is 28.7 Å². The van der Waals surface area contributed by atoms with Crippen molar-refractivity contribution in [1.82, 2.24) is 0 Å². The summed E-state index contributed by atoms with van der Waals surface area (Å²) in [6.07, 6.45) is 6.22. The average Bonchev–Trinajstić information content (AvgIpc) is 3.62. The van der Waals surface area contributed by atoms with Crippen LogP contribution in [0.3, 0.4) is 0 Å². The molecule has 5 atom stereocenters. The van der Waals surface area contributed by atoms with Crippen molar-refractivity contribution in [2.75, 3.05) is 13.2 Å². The number of carboxylic acid groups (broad SMARTS) is 1. The largest absolute Gasteiger partial charge is 0.493 e. The first-order valence-corrected chi connectivity index (χ1v) is 13.5. The molecule has 3 N–H and O–H groups in total. The molecule has 2 aromatic rings. The Kier molecular flexibility index (Phi) is 8.05. The molecule has 2 bridgehead atoms. The number of aryl methyl sites for hydroxylation is 2. The number of hydrogen-bond donors (Lipinski definition) is 3. The quantitative estimate of drug-likeness (QED) is 0.399. The minimum atomic E-state index is -0.856. The van der Waals surface area contributed by atoms with Gasteiger partial charge in [0.1, 0.15) is 24.0 Å². The number of rotatable bonds is 9. The van der Waals surface area contributed by atoms with Crippen molar-refractivity contribution in [3.63, 3.8) is 0 Å². The van der Waals surface area contributed by atoms with Crippen molar-refractivity contribution in [1.29, 1.82) is 0 Å². The molecule has 2 aliphatic carbocycles. The molecule has 1 unspecified atom stereocenters. The maximum Gasteiger partial charge on any atom is 0.307 e. The van der Waals surface area contributed by atoms with E-state index in [9.17, 15) is 19.4 Å². The number of ether oxygens (including phenoxy) is 2. The highest BCUT2D eigenvalue weighted by Gasteiger charge is 2.59. The summed E-state index contributed by atoms with van der Waals surface area (Å²) in [5.41, 5.74) is 3.58. The normalized spacial score (nSPS) is 24.6. The Balaban J connectivity index is 1.32. The van der Waals surface area contributed by atoms with Crippen LogP contribution >= 0.6 is 0 Å². The molecule has 7 nitrogen and oxygen atoms in total. The van der Waals surface area contributed by atoms with E-state index in [0.29, 0.717) is 23.6 Å². The lowest BCUT2D eigenvalue weighted by Gasteiger charge is -2.22. The Bertz CT molecular complexity index is 1380. The smallest absolute Gasteiger partial charge is 0.307 e. The molecule has 0 amide bonds. The van der Waals surface area contributed by atoms with E-state index in [2.05, 4.69) is 4.99 Å². The van der Waals surface area contributed by atoms with Gasteiger partial charge < -0.3 is 24.8 Å². The van der Waals surface area contributed by atoms with Gasteiger partial charge in [-0.05, 0) is 85.4 Å². The molecule has 0 spiro atoms. The lowest BCUT2D eigenvalue weighted by molar-refractivity contribution is -0.139. The van der Waals surface area contributed by atoms with Crippen molar-refractivity contribution in [3.05, 3.63) is 76.5 Å². The minimum absolute atomic E-state index is 0.124. The number of allylic oxidation sites excluding steroid dienone is 2. The number of nitrogens with zero attached hydrogens (tertiary/aromatic N) is 1. The van der Waals surface area contributed by atoms with Gasteiger partial charge in [0, 0.05) is 29.8 Å². The number of benzene rings is 2. The van der Waals surface area contributed by atoms with E-state index in [-0.39, 0.29) is 61.0 Å². The number of carboxylic acids is 1. The Hall–Kier alpha value is -3.56. The number of aliphatic imine (C=N–C) groups is 1. The number of halogens is 2. The van der Waals surface area contributed by atoms with Gasteiger partial charge in [0.15, 0.2) is 0 Å². The van der Waals surface area contributed by atoms with Gasteiger partial charge in [-0.15, -0.1) is 0 Å². The summed E-state index contributed by atoms with van der Waals surface area (Å²) in [6.45, 7) is 3.34. The van der Waals surface area contributed by atoms with Crippen molar-refractivity contribution >= 4 is 11.9 Å². The second-order valence-electron chi connectivity index (χ2n) is 10.9. The molecule has 40 heavy (non-hydrogen) atoms. The highest BCUT2D eigenvalue weighted by atomic mass is 19.1. The molecule has 0 radical (unpaired) electrons. The van der Waals surface area contributed by atoms with Gasteiger partial charge in [-0.2, -0.15) is 0 Å². The summed E-state index contributed by atoms with van der Waals surface area (Å²) in [7, 11) is 0. The van der Waals surface area contributed by atoms with Crippen LogP contribution in [0.25, 0.3) is 11.1 Å². The van der Waals surface area contributed by atoms with Crippen LogP contribution in [-0.4, -0.2) is 46.5 Å². The number of aliphatic hydroxyl groups is 2. The minimum Gasteiger partial charge on any atom is -0.493 e. The summed E-state index contributed by atoms with van der Waals surface area (Å²) in [6, 6.07) is 5.82. The summed E-state index contributed by atoms with van der Waals surface area (Å²) >= 11 is 0. The molecule has 0 aromatic heterocycles. The molecule has 2 saturated carbocycles. The molecular weight excluding hydrogens is 520 g/mol. The van der Waals surface area contributed by atoms with E-state index in [1.54, 1.807) is 18.3 Å². The summed E-state index contributed by atoms with van der Waals surface area (Å²) in [5, 5.41) is 27.9. The van der Waals surface area contributed by atoms with E-state index in [1.807, 2.05) is 26.0 Å². The lowest BCUT2D eigenvalue weighted by atomic mass is 9.85. The standard InChI is InChI=1S/C31H33F2NO6/c1-16-7-22(39-6-4-21(36)14-35)8-17(2)28(16)23-12-20(25(32)13-26(23)33)15-40-27-11-18-9-19(3-5-34-27)29-24(10-18)30(29)31(37)38/h3,5,7-8,11-13,19,21,24,29-30,35-36H,4,6,9-10,14-15H2,1-2H3,(H,37,38)/b5-3+,18-11?,34-27?/t19?,21-,24-,29+,30+/m1/s1. The molecule has 212 valence electrons. The fourth-order valence-corrected chi connectivity index (χ4v) is 6.14. The predicted octanol–water partition coefficient (Wildman–Crippen LogP) is 5.10. The first-order chi connectivity index (χ1) is 19.2. The SMILES string of the molecule is Cc1cc(OCC[C@@H](O)CO)cc(C)c1-c1cc(COC2=N/C=C/C3CC(=C2)C[C@H]2[C@H](C(=O)O)[C@@H]32)c(F)cc1F. The first kappa shape index (κ1) is 28.0. The second-order valence-corrected chi connectivity index (χ2v) is 10.9. The number of aliphatic hydroxyl groups excluding tert-OH is 2. The van der Waals surface area contributed by atoms with Gasteiger partial charge in [0.2, 0.25) is 5.90 Å². The third-order valence-corrected chi connectivity index (χ3v) is 8.09. The molecule has 5 rings (SSSR count). The zero-order valence-corrected chi connectivity index (χ0v) is 22.4. The molecule has 1 heterocycles. The van der Waals surface area contributed by atoms with Crippen molar-refractivity contribution < 1.29 is 38.4 Å². The summed E-state index contributed by atoms with van der Waals surface area (Å²) in [4.78, 5) is 15.9. The number of carbonyl (C=O) groups is 1. The molecule has 0 saturated heterocycles. The van der Waals surface area contributed by atoms with Gasteiger partial charge >= 0.3 is 5.97 Å². The zero-order valence-electron chi connectivity index (χ0n) is 22.4. The van der Waals surface area contributed by atoms with Crippen LogP contribution in [-0.2, 0) is 16.1 Å². The van der Waals surface area contributed by atoms with Crippen LogP contribution in [0.5, 0.6) is 5.75 Å². The maximum atomic E-state index is 15.0. The summed E-state index contributed by atoms with van der Waals surface area (Å²) < 4.78 is 41.4. The monoisotopic (exact) mass is 553 g/mol. The van der Waals surface area contributed by atoms with Crippen LogP contribution in [0.4, 0.5) is 8.78 Å². The lowest BCUT2D eigenvalue weighted by Crippen LogP contribution is -2.15. The van der Waals surface area contributed by atoms with Crippen LogP contribution in [0.15, 0.2) is 53.2 Å². The number of aliphatic carboxylic acids is 1. The van der Waals surface area contributed by atoms with E-state index in [4.69, 9.17) is 14.6 Å². The van der Waals surface area contributed by atoms with Gasteiger partial charge in [0.25, 0.3) is 0 Å². The van der Waals surface area contributed by atoms with Crippen LogP contribution in [0, 0.1) is 49.2 Å². The van der Waals surface area contributed by atoms with Crippen molar-refractivity contribution in [2.45, 2.75) is 45.8 Å². The fraction of sp³-hybridized carbons (Fsp3) is 0.419. The molecular formula is C31H33F2NO6. The van der Waals surface area contributed by atoms with E-state index in [0.717, 1.165) is 29.2 Å². The highest BCUT2D eigenvalue weighted by Crippen LogP contribution is 2.60. The van der Waals surface area contributed by atoms with Gasteiger partial charge in [0.05, 0.1) is 25.2 Å². The van der Waals surface area contributed by atoms with Gasteiger partial charge in [-0.3, -0.25) is 4.79 Å². The first-order valence-electron chi connectivity index (χ1n) is 13.5. The Morgan fingerprint density at radius 2 is 1.85 bits per heavy atom. The Morgan fingerprint density at radius 1 is 1.10 bits per heavy atom. The molecule has 3 aliphatic rings. The van der Waals surface area contributed by atoms with Crippen LogP contribution < -0.4 is 4.74 Å². The average molecular weight is 554 g/mol. The molecule has 2 fully saturated rings. The topological polar surface area (TPSA) is 109 Å². The second kappa shape index (κ2) is 11.5. The van der Waals surface area contributed by atoms with E-state index < -0.39 is 23.7 Å². The number of hydrogen-bond acceptors (Lipinski definition) is 6.